The van der Waals surface area contributed by atoms with Crippen molar-refractivity contribution in [3.05, 3.63) is 59.5 Å². The Labute approximate surface area is 144 Å². The van der Waals surface area contributed by atoms with Gasteiger partial charge in [-0.15, -0.1) is 11.8 Å². The van der Waals surface area contributed by atoms with E-state index in [1.54, 1.807) is 29.0 Å². The number of nitrogens with one attached hydrogen (secondary N) is 1. The van der Waals surface area contributed by atoms with E-state index in [1.807, 2.05) is 44.2 Å². The molecular weight excluding hydrogens is 324 g/mol. The number of hydrogen-bond donors (Lipinski definition) is 1. The van der Waals surface area contributed by atoms with Crippen molar-refractivity contribution in [2.45, 2.75) is 36.6 Å². The Balaban J connectivity index is 1.61. The van der Waals surface area contributed by atoms with Gasteiger partial charge in [-0.2, -0.15) is 0 Å². The van der Waals surface area contributed by atoms with Crippen LogP contribution in [0.5, 0.6) is 0 Å². The first kappa shape index (κ1) is 15.3. The highest BCUT2D eigenvalue weighted by atomic mass is 32.2. The third-order valence-corrected chi connectivity index (χ3v) is 6.10. The second-order valence-corrected chi connectivity index (χ2v) is 8.31. The molecule has 2 aliphatic rings. The van der Waals surface area contributed by atoms with E-state index in [-0.39, 0.29) is 21.9 Å². The van der Waals surface area contributed by atoms with Gasteiger partial charge in [-0.25, -0.2) is 0 Å². The van der Waals surface area contributed by atoms with E-state index in [0.717, 1.165) is 5.56 Å². The highest BCUT2D eigenvalue weighted by molar-refractivity contribution is 8.01. The standard InChI is InChI=1S/C18H18N2O3S/c1-18(2)14(15(21)19-10-11-6-5-9-23-11)20-16(22)12-7-3-4-8-13(12)17(20)24-18/h3-9,14,17H,10H2,1-2H3,(H,19,21)/t14-,17?/m1/s1. The van der Waals surface area contributed by atoms with Crippen molar-refractivity contribution in [2.75, 3.05) is 0 Å². The van der Waals surface area contributed by atoms with Crippen molar-refractivity contribution in [3.8, 4) is 0 Å². The molecule has 2 aromatic rings. The quantitative estimate of drug-likeness (QED) is 0.931. The minimum Gasteiger partial charge on any atom is -0.467 e. The number of thioether (sulfide) groups is 1. The lowest BCUT2D eigenvalue weighted by Crippen LogP contribution is -2.52. The van der Waals surface area contributed by atoms with Crippen LogP contribution >= 0.6 is 11.8 Å². The average molecular weight is 342 g/mol. The third kappa shape index (κ3) is 2.24. The second kappa shape index (κ2) is 5.41. The van der Waals surface area contributed by atoms with Crippen LogP contribution in [-0.2, 0) is 11.3 Å². The van der Waals surface area contributed by atoms with Crippen LogP contribution in [0.15, 0.2) is 47.1 Å². The average Bonchev–Trinajstić information content (AvgIpc) is 3.22. The molecular formula is C18H18N2O3S. The summed E-state index contributed by atoms with van der Waals surface area (Å²) in [6.45, 7) is 4.36. The molecule has 3 heterocycles. The van der Waals surface area contributed by atoms with Gasteiger partial charge in [0.1, 0.15) is 17.2 Å². The zero-order chi connectivity index (χ0) is 16.9. The van der Waals surface area contributed by atoms with Gasteiger partial charge in [0.25, 0.3) is 5.91 Å². The van der Waals surface area contributed by atoms with Gasteiger partial charge in [-0.3, -0.25) is 9.59 Å². The van der Waals surface area contributed by atoms with Gasteiger partial charge >= 0.3 is 0 Å². The molecule has 1 N–H and O–H groups in total. The first-order valence-corrected chi connectivity index (χ1v) is 8.76. The summed E-state index contributed by atoms with van der Waals surface area (Å²) in [4.78, 5) is 27.4. The van der Waals surface area contributed by atoms with Gasteiger partial charge < -0.3 is 14.6 Å². The van der Waals surface area contributed by atoms with Crippen molar-refractivity contribution < 1.29 is 14.0 Å². The summed E-state index contributed by atoms with van der Waals surface area (Å²) in [5, 5.41) is 2.81. The topological polar surface area (TPSA) is 62.6 Å². The highest BCUT2D eigenvalue weighted by Crippen LogP contribution is 2.56. The zero-order valence-corrected chi connectivity index (χ0v) is 14.3. The van der Waals surface area contributed by atoms with Crippen LogP contribution in [-0.4, -0.2) is 27.5 Å². The maximum Gasteiger partial charge on any atom is 0.256 e. The summed E-state index contributed by atoms with van der Waals surface area (Å²) in [5.74, 6) is 0.485. The summed E-state index contributed by atoms with van der Waals surface area (Å²) < 4.78 is 4.90. The molecule has 1 unspecified atom stereocenters. The first-order chi connectivity index (χ1) is 11.5. The van der Waals surface area contributed by atoms with Crippen LogP contribution in [0.2, 0.25) is 0 Å². The Bertz CT molecular complexity index is 800. The number of furan rings is 1. The van der Waals surface area contributed by atoms with E-state index in [9.17, 15) is 9.59 Å². The number of carbonyl (C=O) groups is 2. The van der Waals surface area contributed by atoms with Crippen molar-refractivity contribution in [2.24, 2.45) is 0 Å². The molecule has 24 heavy (non-hydrogen) atoms. The largest absolute Gasteiger partial charge is 0.467 e. The predicted octanol–water partition coefficient (Wildman–Crippen LogP) is 2.94. The summed E-state index contributed by atoms with van der Waals surface area (Å²) in [6, 6.07) is 10.7. The van der Waals surface area contributed by atoms with Crippen LogP contribution < -0.4 is 5.32 Å². The van der Waals surface area contributed by atoms with Crippen molar-refractivity contribution >= 4 is 23.6 Å². The fourth-order valence-electron chi connectivity index (χ4n) is 3.49. The number of fused-ring (bicyclic) bond motifs is 3. The molecule has 0 aliphatic carbocycles. The predicted molar refractivity (Wildman–Crippen MR) is 91.4 cm³/mol. The monoisotopic (exact) mass is 342 g/mol. The molecule has 2 aliphatic heterocycles. The Kier molecular flexibility index (Phi) is 3.46. The Morgan fingerprint density at radius 3 is 2.83 bits per heavy atom. The Morgan fingerprint density at radius 2 is 2.08 bits per heavy atom. The number of carbonyl (C=O) groups excluding carboxylic acids is 2. The molecule has 2 atom stereocenters. The minimum absolute atomic E-state index is 0.0631. The van der Waals surface area contributed by atoms with E-state index in [1.165, 1.54) is 0 Å². The fourth-order valence-corrected chi connectivity index (χ4v) is 5.08. The molecule has 2 amide bonds. The minimum atomic E-state index is -0.512. The smallest absolute Gasteiger partial charge is 0.256 e. The molecule has 6 heteroatoms. The summed E-state index contributed by atoms with van der Waals surface area (Å²) >= 11 is 1.67. The normalized spacial score (nSPS) is 23.9. The SMILES string of the molecule is CC1(C)SC2c3ccccc3C(=O)N2[C@@H]1C(=O)NCc1ccco1. The number of hydrogen-bond acceptors (Lipinski definition) is 4. The molecule has 0 bridgehead atoms. The van der Waals surface area contributed by atoms with E-state index in [4.69, 9.17) is 4.42 Å². The first-order valence-electron chi connectivity index (χ1n) is 7.88. The van der Waals surface area contributed by atoms with Gasteiger partial charge in [0.05, 0.1) is 12.8 Å². The maximum atomic E-state index is 12.8. The molecule has 1 aromatic carbocycles. The van der Waals surface area contributed by atoms with Crippen LogP contribution in [0.1, 0.15) is 40.9 Å². The van der Waals surface area contributed by atoms with Crippen LogP contribution in [0.3, 0.4) is 0 Å². The number of amides is 2. The lowest BCUT2D eigenvalue weighted by molar-refractivity contribution is -0.126. The molecule has 4 rings (SSSR count). The molecule has 1 aromatic heterocycles. The Hall–Kier alpha value is -2.21. The van der Waals surface area contributed by atoms with Gasteiger partial charge in [0.2, 0.25) is 5.91 Å². The molecule has 0 radical (unpaired) electrons. The van der Waals surface area contributed by atoms with Crippen LogP contribution in [0, 0.1) is 0 Å². The van der Waals surface area contributed by atoms with Gasteiger partial charge in [0, 0.05) is 10.3 Å². The van der Waals surface area contributed by atoms with E-state index in [0.29, 0.717) is 17.9 Å². The van der Waals surface area contributed by atoms with E-state index >= 15 is 0 Å². The zero-order valence-electron chi connectivity index (χ0n) is 13.5. The number of benzene rings is 1. The second-order valence-electron chi connectivity index (χ2n) is 6.57. The lowest BCUT2D eigenvalue weighted by Gasteiger charge is -2.29. The van der Waals surface area contributed by atoms with Crippen molar-refractivity contribution in [1.29, 1.82) is 0 Å². The summed E-state index contributed by atoms with van der Waals surface area (Å²) in [7, 11) is 0. The summed E-state index contributed by atoms with van der Waals surface area (Å²) in [5.41, 5.74) is 1.70. The molecule has 1 saturated heterocycles. The van der Waals surface area contributed by atoms with E-state index in [2.05, 4.69) is 5.32 Å². The maximum absolute atomic E-state index is 12.8. The lowest BCUT2D eigenvalue weighted by atomic mass is 10.0. The molecule has 1 fully saturated rings. The molecule has 0 saturated carbocycles. The number of rotatable bonds is 3. The van der Waals surface area contributed by atoms with Gasteiger partial charge in [-0.1, -0.05) is 18.2 Å². The molecule has 0 spiro atoms. The van der Waals surface area contributed by atoms with Crippen LogP contribution in [0.25, 0.3) is 0 Å². The fraction of sp³-hybridized carbons (Fsp3) is 0.333. The Morgan fingerprint density at radius 1 is 1.29 bits per heavy atom. The van der Waals surface area contributed by atoms with Crippen molar-refractivity contribution in [3.63, 3.8) is 0 Å². The highest BCUT2D eigenvalue weighted by Gasteiger charge is 2.57. The van der Waals surface area contributed by atoms with Crippen LogP contribution in [0.4, 0.5) is 0 Å². The van der Waals surface area contributed by atoms with Crippen molar-refractivity contribution in [1.82, 2.24) is 10.2 Å². The summed E-state index contributed by atoms with van der Waals surface area (Å²) in [6.07, 6.45) is 1.58. The third-order valence-electron chi connectivity index (χ3n) is 4.56. The van der Waals surface area contributed by atoms with E-state index < -0.39 is 6.04 Å². The molecule has 124 valence electrons. The number of nitrogens with zero attached hydrogens (tertiary/aromatic N) is 1. The molecule has 5 nitrogen and oxygen atoms in total. The van der Waals surface area contributed by atoms with Gasteiger partial charge in [-0.05, 0) is 37.6 Å². The van der Waals surface area contributed by atoms with Gasteiger partial charge in [0.15, 0.2) is 0 Å².